The molecule has 1 aromatic heterocycles. The van der Waals surface area contributed by atoms with Crippen molar-refractivity contribution in [1.82, 2.24) is 9.97 Å². The number of hydrogen-bond acceptors (Lipinski definition) is 7. The molecule has 0 atom stereocenters. The van der Waals surface area contributed by atoms with Gasteiger partial charge in [-0.2, -0.15) is 15.1 Å². The van der Waals surface area contributed by atoms with Crippen molar-refractivity contribution >= 4 is 35.1 Å². The molecule has 7 heteroatoms. The molecular formula is C25H26N6O. The van der Waals surface area contributed by atoms with E-state index in [-0.39, 0.29) is 0 Å². The summed E-state index contributed by atoms with van der Waals surface area (Å²) >= 11 is 0. The molecule has 0 amide bonds. The molecule has 2 heterocycles. The number of anilines is 4. The maximum Gasteiger partial charge on any atom is 0.229 e. The van der Waals surface area contributed by atoms with Crippen LogP contribution >= 0.6 is 0 Å². The summed E-state index contributed by atoms with van der Waals surface area (Å²) in [5.74, 6) is 2.02. The number of fused-ring (bicyclic) bond motifs is 1. The van der Waals surface area contributed by atoms with Gasteiger partial charge in [0.2, 0.25) is 5.95 Å². The number of ether oxygens (including phenoxy) is 1. The fourth-order valence-electron chi connectivity index (χ4n) is 3.85. The van der Waals surface area contributed by atoms with E-state index in [2.05, 4.69) is 70.1 Å². The molecule has 0 spiro atoms. The van der Waals surface area contributed by atoms with Crippen LogP contribution < -0.4 is 15.6 Å². The zero-order chi connectivity index (χ0) is 21.8. The smallest absolute Gasteiger partial charge is 0.229 e. The lowest BCUT2D eigenvalue weighted by Crippen LogP contribution is -2.37. The fraction of sp³-hybridized carbons (Fsp3) is 0.240. The van der Waals surface area contributed by atoms with Gasteiger partial charge in [-0.15, -0.1) is 0 Å². The van der Waals surface area contributed by atoms with Crippen molar-refractivity contribution in [2.75, 3.05) is 41.9 Å². The molecule has 0 radical (unpaired) electrons. The van der Waals surface area contributed by atoms with Gasteiger partial charge >= 0.3 is 0 Å². The van der Waals surface area contributed by atoms with Crippen LogP contribution in [0.25, 0.3) is 5.57 Å². The minimum Gasteiger partial charge on any atom is -0.378 e. The second-order valence-electron chi connectivity index (χ2n) is 7.92. The van der Waals surface area contributed by atoms with Crippen molar-refractivity contribution in [3.05, 3.63) is 77.4 Å². The lowest BCUT2D eigenvalue weighted by atomic mass is 10.1. The molecule has 0 unspecified atom stereocenters. The van der Waals surface area contributed by atoms with Crippen molar-refractivity contribution in [1.29, 1.82) is 0 Å². The summed E-state index contributed by atoms with van der Waals surface area (Å²) in [7, 11) is 0. The Kier molecular flexibility index (Phi) is 5.81. The summed E-state index contributed by atoms with van der Waals surface area (Å²) in [6, 6.07) is 18.5. The van der Waals surface area contributed by atoms with Gasteiger partial charge in [-0.3, -0.25) is 5.43 Å². The van der Waals surface area contributed by atoms with E-state index in [4.69, 9.17) is 14.7 Å². The second-order valence-corrected chi connectivity index (χ2v) is 7.92. The van der Waals surface area contributed by atoms with Crippen molar-refractivity contribution in [3.8, 4) is 0 Å². The number of allylic oxidation sites excluding steroid dienone is 2. The number of hydrogen-bond donors (Lipinski definition) is 2. The summed E-state index contributed by atoms with van der Waals surface area (Å²) in [5, 5.41) is 7.85. The largest absolute Gasteiger partial charge is 0.378 e. The monoisotopic (exact) mass is 426 g/mol. The first kappa shape index (κ1) is 20.2. The SMILES string of the molecule is Cc1ccc(Nc2cc(N/N=C/C3=CCc4ccccc43)nc(N3CCOCC3)n2)cc1. The highest BCUT2D eigenvalue weighted by Crippen LogP contribution is 2.26. The Morgan fingerprint density at radius 2 is 1.78 bits per heavy atom. The summed E-state index contributed by atoms with van der Waals surface area (Å²) in [6.07, 6.45) is 4.99. The number of aromatic nitrogens is 2. The highest BCUT2D eigenvalue weighted by Gasteiger charge is 2.16. The Morgan fingerprint density at radius 1 is 1.00 bits per heavy atom. The fourth-order valence-corrected chi connectivity index (χ4v) is 3.85. The van der Waals surface area contributed by atoms with Crippen molar-refractivity contribution in [2.45, 2.75) is 13.3 Å². The van der Waals surface area contributed by atoms with Crippen molar-refractivity contribution in [2.24, 2.45) is 5.10 Å². The lowest BCUT2D eigenvalue weighted by molar-refractivity contribution is 0.122. The van der Waals surface area contributed by atoms with Crippen LogP contribution in [0.2, 0.25) is 0 Å². The van der Waals surface area contributed by atoms with Gasteiger partial charge < -0.3 is 15.0 Å². The number of aryl methyl sites for hydroxylation is 1. The molecule has 32 heavy (non-hydrogen) atoms. The number of rotatable bonds is 6. The van der Waals surface area contributed by atoms with E-state index in [0.717, 1.165) is 30.8 Å². The van der Waals surface area contributed by atoms with Gasteiger partial charge in [0.25, 0.3) is 0 Å². The van der Waals surface area contributed by atoms with E-state index in [9.17, 15) is 0 Å². The highest BCUT2D eigenvalue weighted by molar-refractivity contribution is 6.11. The molecule has 2 N–H and O–H groups in total. The minimum atomic E-state index is 0.638. The Bertz CT molecular complexity index is 1150. The zero-order valence-electron chi connectivity index (χ0n) is 18.1. The summed E-state index contributed by atoms with van der Waals surface area (Å²) < 4.78 is 5.48. The van der Waals surface area contributed by atoms with E-state index in [1.54, 1.807) is 0 Å². The predicted octanol–water partition coefficient (Wildman–Crippen LogP) is 4.40. The normalized spacial score (nSPS) is 15.5. The van der Waals surface area contributed by atoms with Gasteiger partial charge in [0, 0.05) is 24.8 Å². The first-order valence-electron chi connectivity index (χ1n) is 10.9. The van der Waals surface area contributed by atoms with Crippen molar-refractivity contribution in [3.63, 3.8) is 0 Å². The maximum atomic E-state index is 5.48. The third kappa shape index (κ3) is 4.63. The number of nitrogens with one attached hydrogen (secondary N) is 2. The molecule has 5 rings (SSSR count). The van der Waals surface area contributed by atoms with E-state index < -0.39 is 0 Å². The molecule has 2 aliphatic rings. The van der Waals surface area contributed by atoms with Gasteiger partial charge in [-0.1, -0.05) is 48.0 Å². The second kappa shape index (κ2) is 9.20. The standard InChI is InChI=1S/C25H26N6O/c1-18-6-10-21(11-7-18)27-23-16-24(29-25(28-23)31-12-14-32-15-13-31)30-26-17-20-9-8-19-4-2-3-5-22(19)20/h2-7,9-11,16-17H,8,12-15H2,1H3,(H2,27,28,29,30)/b26-17+. The quantitative estimate of drug-likeness (QED) is 0.449. The number of nitrogens with zero attached hydrogens (tertiary/aromatic N) is 4. The molecule has 2 aromatic carbocycles. The molecule has 0 bridgehead atoms. The average molecular weight is 427 g/mol. The molecule has 162 valence electrons. The molecule has 1 aliphatic heterocycles. The number of morpholine rings is 1. The van der Waals surface area contributed by atoms with Crippen LogP contribution in [0, 0.1) is 6.92 Å². The van der Waals surface area contributed by atoms with E-state index in [0.29, 0.717) is 30.8 Å². The maximum absolute atomic E-state index is 5.48. The van der Waals surface area contributed by atoms with Gasteiger partial charge in [0.15, 0.2) is 5.82 Å². The first-order chi connectivity index (χ1) is 15.7. The zero-order valence-corrected chi connectivity index (χ0v) is 18.1. The molecule has 7 nitrogen and oxygen atoms in total. The van der Waals surface area contributed by atoms with E-state index >= 15 is 0 Å². The number of benzene rings is 2. The Hall–Kier alpha value is -3.71. The Labute approximate surface area is 187 Å². The third-order valence-electron chi connectivity index (χ3n) is 5.59. The molecular weight excluding hydrogens is 400 g/mol. The molecule has 0 saturated carbocycles. The number of hydrazone groups is 1. The van der Waals surface area contributed by atoms with Crippen LogP contribution in [0.1, 0.15) is 16.7 Å². The minimum absolute atomic E-state index is 0.638. The van der Waals surface area contributed by atoms with Gasteiger partial charge in [0.1, 0.15) is 5.82 Å². The topological polar surface area (TPSA) is 74.7 Å². The summed E-state index contributed by atoms with van der Waals surface area (Å²) in [5.41, 5.74) is 8.97. The molecule has 1 saturated heterocycles. The molecule has 1 fully saturated rings. The predicted molar refractivity (Wildman–Crippen MR) is 130 cm³/mol. The third-order valence-corrected chi connectivity index (χ3v) is 5.59. The summed E-state index contributed by atoms with van der Waals surface area (Å²) in [6.45, 7) is 4.95. The van der Waals surface area contributed by atoms with E-state index in [1.165, 1.54) is 16.7 Å². The van der Waals surface area contributed by atoms with Crippen LogP contribution in [-0.4, -0.2) is 42.5 Å². The van der Waals surface area contributed by atoms with Gasteiger partial charge in [0.05, 0.1) is 19.4 Å². The highest BCUT2D eigenvalue weighted by atomic mass is 16.5. The van der Waals surface area contributed by atoms with Crippen LogP contribution in [0.4, 0.5) is 23.3 Å². The van der Waals surface area contributed by atoms with Crippen LogP contribution in [0.15, 0.2) is 65.8 Å². The van der Waals surface area contributed by atoms with Gasteiger partial charge in [-0.25, -0.2) is 0 Å². The molecule has 3 aromatic rings. The van der Waals surface area contributed by atoms with E-state index in [1.807, 2.05) is 24.4 Å². The Morgan fingerprint density at radius 3 is 2.62 bits per heavy atom. The first-order valence-corrected chi connectivity index (χ1v) is 10.9. The lowest BCUT2D eigenvalue weighted by Gasteiger charge is -2.27. The van der Waals surface area contributed by atoms with Crippen LogP contribution in [0.5, 0.6) is 0 Å². The van der Waals surface area contributed by atoms with Gasteiger partial charge in [-0.05, 0) is 42.2 Å². The van der Waals surface area contributed by atoms with Crippen molar-refractivity contribution < 1.29 is 4.74 Å². The average Bonchev–Trinajstić information content (AvgIpc) is 3.24. The molecule has 1 aliphatic carbocycles. The summed E-state index contributed by atoms with van der Waals surface area (Å²) in [4.78, 5) is 11.6. The Balaban J connectivity index is 1.37. The van der Waals surface area contributed by atoms with Crippen LogP contribution in [0.3, 0.4) is 0 Å². The van der Waals surface area contributed by atoms with Crippen LogP contribution in [-0.2, 0) is 11.2 Å².